The van der Waals surface area contributed by atoms with Crippen LogP contribution in [0.3, 0.4) is 0 Å². The largest absolute Gasteiger partial charge is 0.496 e. The highest BCUT2D eigenvalue weighted by Gasteiger charge is 2.46. The van der Waals surface area contributed by atoms with Gasteiger partial charge in [0.2, 0.25) is 0 Å². The number of aliphatic hydroxyl groups excluding tert-OH is 1. The fourth-order valence-corrected chi connectivity index (χ4v) is 5.24. The second kappa shape index (κ2) is 8.71. The van der Waals surface area contributed by atoms with Gasteiger partial charge in [-0.05, 0) is 61.8 Å². The SMILES string of the molecule is CCCCCCC(C)(C)c1cc(OC)c2c(c1)OC(C)(C)[C@@H]1CCC(CO)=CC21. The Bertz CT molecular complexity index is 745. The van der Waals surface area contributed by atoms with Crippen LogP contribution in [0.25, 0.3) is 0 Å². The fraction of sp³-hybridized carbons (Fsp3) is 0.692. The van der Waals surface area contributed by atoms with E-state index in [0.29, 0.717) is 5.92 Å². The Hall–Kier alpha value is -1.48. The first kappa shape index (κ1) is 22.2. The van der Waals surface area contributed by atoms with Crippen LogP contribution in [0.15, 0.2) is 23.8 Å². The predicted molar refractivity (Wildman–Crippen MR) is 120 cm³/mol. The van der Waals surface area contributed by atoms with Gasteiger partial charge in [-0.3, -0.25) is 0 Å². The van der Waals surface area contributed by atoms with Gasteiger partial charge in [-0.1, -0.05) is 52.5 Å². The molecule has 1 aromatic carbocycles. The molecule has 0 bridgehead atoms. The maximum atomic E-state index is 9.73. The smallest absolute Gasteiger partial charge is 0.127 e. The van der Waals surface area contributed by atoms with Crippen molar-refractivity contribution in [3.63, 3.8) is 0 Å². The molecule has 1 heterocycles. The zero-order chi connectivity index (χ0) is 21.2. The first-order chi connectivity index (χ1) is 13.7. The zero-order valence-electron chi connectivity index (χ0n) is 19.3. The van der Waals surface area contributed by atoms with Crippen molar-refractivity contribution in [2.75, 3.05) is 13.7 Å². The minimum Gasteiger partial charge on any atom is -0.496 e. The summed E-state index contributed by atoms with van der Waals surface area (Å²) >= 11 is 0. The number of methoxy groups -OCH3 is 1. The Balaban J connectivity index is 2.01. The molecule has 1 aliphatic carbocycles. The average Bonchev–Trinajstić information content (AvgIpc) is 2.69. The van der Waals surface area contributed by atoms with Crippen LogP contribution < -0.4 is 9.47 Å². The molecule has 2 atom stereocenters. The summed E-state index contributed by atoms with van der Waals surface area (Å²) in [4.78, 5) is 0. The molecule has 3 rings (SSSR count). The van der Waals surface area contributed by atoms with Crippen molar-refractivity contribution in [1.82, 2.24) is 0 Å². The van der Waals surface area contributed by atoms with Crippen LogP contribution >= 0.6 is 0 Å². The topological polar surface area (TPSA) is 38.7 Å². The summed E-state index contributed by atoms with van der Waals surface area (Å²) in [5.74, 6) is 2.52. The Morgan fingerprint density at radius 2 is 1.97 bits per heavy atom. The van der Waals surface area contributed by atoms with Crippen molar-refractivity contribution in [1.29, 1.82) is 0 Å². The second-order valence-corrected chi connectivity index (χ2v) is 10.1. The van der Waals surface area contributed by atoms with Gasteiger partial charge in [0.25, 0.3) is 0 Å². The zero-order valence-corrected chi connectivity index (χ0v) is 19.3. The number of allylic oxidation sites excluding steroid dienone is 1. The van der Waals surface area contributed by atoms with E-state index < -0.39 is 0 Å². The Morgan fingerprint density at radius 3 is 2.62 bits per heavy atom. The summed E-state index contributed by atoms with van der Waals surface area (Å²) in [5.41, 5.74) is 3.44. The third-order valence-corrected chi connectivity index (χ3v) is 7.19. The minimum atomic E-state index is -0.232. The van der Waals surface area contributed by atoms with Gasteiger partial charge in [0.15, 0.2) is 0 Å². The second-order valence-electron chi connectivity index (χ2n) is 10.1. The van der Waals surface area contributed by atoms with Crippen LogP contribution in [-0.2, 0) is 5.41 Å². The highest BCUT2D eigenvalue weighted by atomic mass is 16.5. The fourth-order valence-electron chi connectivity index (χ4n) is 5.24. The molecule has 0 saturated carbocycles. The summed E-state index contributed by atoms with van der Waals surface area (Å²) in [6, 6.07) is 4.50. The lowest BCUT2D eigenvalue weighted by atomic mass is 9.67. The Labute approximate surface area is 177 Å². The molecular formula is C26H40O3. The normalized spacial score (nSPS) is 22.9. The third-order valence-electron chi connectivity index (χ3n) is 7.19. The van der Waals surface area contributed by atoms with E-state index in [1.165, 1.54) is 37.7 Å². The van der Waals surface area contributed by atoms with Crippen LogP contribution in [0, 0.1) is 5.92 Å². The minimum absolute atomic E-state index is 0.0824. The molecule has 1 unspecified atom stereocenters. The molecule has 1 aromatic rings. The van der Waals surface area contributed by atoms with Crippen molar-refractivity contribution in [3.05, 3.63) is 34.9 Å². The lowest BCUT2D eigenvalue weighted by Gasteiger charge is -2.47. The molecule has 1 N–H and O–H groups in total. The lowest BCUT2D eigenvalue weighted by molar-refractivity contribution is 0.00988. The van der Waals surface area contributed by atoms with Crippen molar-refractivity contribution >= 4 is 0 Å². The average molecular weight is 401 g/mol. The van der Waals surface area contributed by atoms with E-state index in [1.54, 1.807) is 7.11 Å². The van der Waals surface area contributed by atoms with Gasteiger partial charge >= 0.3 is 0 Å². The van der Waals surface area contributed by atoms with E-state index in [-0.39, 0.29) is 23.5 Å². The number of rotatable bonds is 8. The number of unbranched alkanes of at least 4 members (excludes halogenated alkanes) is 3. The molecule has 0 radical (unpaired) electrons. The van der Waals surface area contributed by atoms with Gasteiger partial charge in [0.05, 0.1) is 13.7 Å². The van der Waals surface area contributed by atoms with Crippen LogP contribution in [0.2, 0.25) is 0 Å². The highest BCUT2D eigenvalue weighted by molar-refractivity contribution is 5.55. The summed E-state index contributed by atoms with van der Waals surface area (Å²) in [5, 5.41) is 9.73. The number of hydrogen-bond donors (Lipinski definition) is 1. The van der Waals surface area contributed by atoms with E-state index in [1.807, 2.05) is 0 Å². The molecule has 29 heavy (non-hydrogen) atoms. The summed E-state index contributed by atoms with van der Waals surface area (Å²) in [6.07, 6.45) is 10.5. The first-order valence-corrected chi connectivity index (χ1v) is 11.5. The molecule has 3 nitrogen and oxygen atoms in total. The summed E-state index contributed by atoms with van der Waals surface area (Å²) < 4.78 is 12.5. The van der Waals surface area contributed by atoms with E-state index in [9.17, 15) is 5.11 Å². The number of ether oxygens (including phenoxy) is 2. The van der Waals surface area contributed by atoms with Gasteiger partial charge in [-0.15, -0.1) is 0 Å². The molecule has 1 aliphatic heterocycles. The van der Waals surface area contributed by atoms with Gasteiger partial charge in [0.1, 0.15) is 17.1 Å². The van der Waals surface area contributed by atoms with Crippen molar-refractivity contribution in [2.24, 2.45) is 5.92 Å². The first-order valence-electron chi connectivity index (χ1n) is 11.5. The van der Waals surface area contributed by atoms with E-state index >= 15 is 0 Å². The maximum Gasteiger partial charge on any atom is 0.127 e. The van der Waals surface area contributed by atoms with Gasteiger partial charge in [-0.25, -0.2) is 0 Å². The Kier molecular flexibility index (Phi) is 6.67. The van der Waals surface area contributed by atoms with Crippen molar-refractivity contribution < 1.29 is 14.6 Å². The van der Waals surface area contributed by atoms with Gasteiger partial charge in [0, 0.05) is 17.4 Å². The van der Waals surface area contributed by atoms with E-state index in [0.717, 1.165) is 35.5 Å². The molecule has 0 aromatic heterocycles. The van der Waals surface area contributed by atoms with Crippen molar-refractivity contribution in [3.8, 4) is 11.5 Å². The van der Waals surface area contributed by atoms with E-state index in [2.05, 4.69) is 52.8 Å². The predicted octanol–water partition coefficient (Wildman–Crippen LogP) is 6.53. The van der Waals surface area contributed by atoms with Gasteiger partial charge in [-0.2, -0.15) is 0 Å². The number of aliphatic hydroxyl groups is 1. The summed E-state index contributed by atoms with van der Waals surface area (Å²) in [7, 11) is 1.77. The molecule has 0 fully saturated rings. The van der Waals surface area contributed by atoms with Crippen LogP contribution in [-0.4, -0.2) is 24.4 Å². The quantitative estimate of drug-likeness (QED) is 0.398. The standard InChI is InChI=1S/C26H40O3/c1-7-8-9-10-13-25(2,3)19-15-22(28-6)24-20-14-18(17-27)11-12-21(20)26(4,5)29-23(24)16-19/h14-16,20-21,27H,7-13,17H2,1-6H3/t20?,21-/m1/s1. The molecule has 2 aliphatic rings. The van der Waals surface area contributed by atoms with Crippen LogP contribution in [0.5, 0.6) is 11.5 Å². The molecule has 3 heteroatoms. The monoisotopic (exact) mass is 400 g/mol. The third kappa shape index (κ3) is 4.50. The van der Waals surface area contributed by atoms with Crippen LogP contribution in [0.4, 0.5) is 0 Å². The van der Waals surface area contributed by atoms with Gasteiger partial charge < -0.3 is 14.6 Å². The summed E-state index contributed by atoms with van der Waals surface area (Å²) in [6.45, 7) is 11.5. The maximum absolute atomic E-state index is 9.73. The Morgan fingerprint density at radius 1 is 1.21 bits per heavy atom. The molecule has 0 spiro atoms. The van der Waals surface area contributed by atoms with E-state index in [4.69, 9.17) is 9.47 Å². The highest BCUT2D eigenvalue weighted by Crippen LogP contribution is 2.54. The molecule has 162 valence electrons. The van der Waals surface area contributed by atoms with Crippen molar-refractivity contribution in [2.45, 2.75) is 96.5 Å². The number of fused-ring (bicyclic) bond motifs is 3. The number of hydrogen-bond acceptors (Lipinski definition) is 3. The lowest BCUT2D eigenvalue weighted by Crippen LogP contribution is -2.45. The molecule has 0 saturated heterocycles. The molecule has 0 amide bonds. The number of benzene rings is 1. The molecular weight excluding hydrogens is 360 g/mol. The van der Waals surface area contributed by atoms with Crippen LogP contribution in [0.1, 0.15) is 96.6 Å².